The molecule has 1 N–H and O–H groups in total. The number of benzene rings is 4. The summed E-state index contributed by atoms with van der Waals surface area (Å²) in [6.07, 6.45) is 6.41. The first kappa shape index (κ1) is 38.8. The average Bonchev–Trinajstić information content (AvgIpc) is 3.09. The summed E-state index contributed by atoms with van der Waals surface area (Å²) in [4.78, 5) is 21.3. The van der Waals surface area contributed by atoms with Crippen molar-refractivity contribution in [2.75, 3.05) is 0 Å². The van der Waals surface area contributed by atoms with Crippen LogP contribution in [-0.2, 0) is 30.3 Å². The molecule has 0 spiro atoms. The van der Waals surface area contributed by atoms with E-state index in [1.807, 2.05) is 41.5 Å². The van der Waals surface area contributed by atoms with Gasteiger partial charge in [0, 0.05) is 48.3 Å². The average molecular weight is 820 g/mol. The number of aliphatic hydroxyl groups is 1. The molecule has 0 amide bonds. The minimum Gasteiger partial charge on any atom is -0.512 e. The van der Waals surface area contributed by atoms with Crippen molar-refractivity contribution in [3.8, 4) is 22.5 Å². The minimum absolute atomic E-state index is 0. The smallest absolute Gasteiger partial charge is 0.164 e. The summed E-state index contributed by atoms with van der Waals surface area (Å²) in [6.45, 7) is 18.8. The molecule has 0 aliphatic heterocycles. The Kier molecular flexibility index (Phi) is 13.1. The molecule has 1 radical (unpaired) electrons. The van der Waals surface area contributed by atoms with Gasteiger partial charge in [-0.3, -0.25) is 9.78 Å². The molecule has 4 aromatic carbocycles. The van der Waals surface area contributed by atoms with E-state index in [4.69, 9.17) is 0 Å². The Morgan fingerprint density at radius 2 is 1.31 bits per heavy atom. The third kappa shape index (κ3) is 8.67. The Bertz CT molecular complexity index is 1880. The van der Waals surface area contributed by atoms with Crippen molar-refractivity contribution in [2.45, 2.75) is 93.4 Å². The number of aromatic nitrogens is 2. The number of aliphatic hydroxyl groups excluding tert-OH is 1. The van der Waals surface area contributed by atoms with Crippen LogP contribution in [0.1, 0.15) is 93.6 Å². The van der Waals surface area contributed by atoms with Crippen LogP contribution in [0.15, 0.2) is 97.0 Å². The van der Waals surface area contributed by atoms with Crippen molar-refractivity contribution < 1.29 is 30.0 Å². The number of ketones is 1. The van der Waals surface area contributed by atoms with Gasteiger partial charge in [0.2, 0.25) is 0 Å². The second-order valence-electron chi connectivity index (χ2n) is 14.2. The number of hydrogen-bond acceptors (Lipinski definition) is 4. The van der Waals surface area contributed by atoms with Gasteiger partial charge < -0.3 is 5.11 Å². The zero-order chi connectivity index (χ0) is 34.4. The van der Waals surface area contributed by atoms with Crippen LogP contribution < -0.4 is 0 Å². The number of nitrogens with zero attached hydrogens (tertiary/aromatic N) is 2. The third-order valence-corrected chi connectivity index (χ3v) is 10.2. The maximum atomic E-state index is 12.2. The predicted octanol–water partition coefficient (Wildman–Crippen LogP) is 11.9. The van der Waals surface area contributed by atoms with E-state index in [1.54, 1.807) is 6.33 Å². The number of carbonyl (C=O) groups excluding carboxylic acids is 1. The molecular formula is C43H51IrN2O2-. The van der Waals surface area contributed by atoms with E-state index >= 15 is 0 Å². The second-order valence-corrected chi connectivity index (χ2v) is 14.2. The first-order valence-electron chi connectivity index (χ1n) is 17.0. The van der Waals surface area contributed by atoms with Crippen LogP contribution in [0.4, 0.5) is 0 Å². The summed E-state index contributed by atoms with van der Waals surface area (Å²) < 4.78 is 0. The molecule has 1 aromatic heterocycles. The Balaban J connectivity index is 0.000000301. The number of fused-ring (bicyclic) bond motifs is 2. The van der Waals surface area contributed by atoms with E-state index in [1.165, 1.54) is 27.8 Å². The van der Waals surface area contributed by atoms with Crippen molar-refractivity contribution in [3.05, 3.63) is 109 Å². The molecule has 0 unspecified atom stereocenters. The molecule has 0 bridgehead atoms. The summed E-state index contributed by atoms with van der Waals surface area (Å²) in [6, 6.07) is 31.2. The molecule has 5 aromatic rings. The summed E-state index contributed by atoms with van der Waals surface area (Å²) in [7, 11) is 0. The van der Waals surface area contributed by atoms with Gasteiger partial charge in [-0.1, -0.05) is 128 Å². The fourth-order valence-electron chi connectivity index (χ4n) is 5.68. The van der Waals surface area contributed by atoms with Crippen molar-refractivity contribution in [2.24, 2.45) is 10.8 Å². The maximum absolute atomic E-state index is 12.2. The molecule has 0 saturated carbocycles. The molecule has 5 heteroatoms. The monoisotopic (exact) mass is 820 g/mol. The fraction of sp³-hybridized carbons (Fsp3) is 0.372. The Morgan fingerprint density at radius 3 is 1.94 bits per heavy atom. The maximum Gasteiger partial charge on any atom is 0.164 e. The number of carbonyl (C=O) groups is 1. The standard InChI is InChI=1S/C28H23N2.C15H28O2.Ir/c1-28(2,3)25-16-23(15-21-10-6-7-11-24(21)25)27-17-26(29-18-30-27)22-13-12-19-8-4-5-9-20(19)14-22;1-7-14(5,8-2)12(16)11-13(17)15(6,9-3)10-4;/h4-14,16-18H,1-3H3;11,16H,7-10H2,1-6H3;/q-1;;/b;12-11-;. The number of hydrogen-bond donors (Lipinski definition) is 1. The van der Waals surface area contributed by atoms with Gasteiger partial charge in [0.05, 0.1) is 5.69 Å². The van der Waals surface area contributed by atoms with Crippen molar-refractivity contribution >= 4 is 27.3 Å². The summed E-state index contributed by atoms with van der Waals surface area (Å²) in [5, 5.41) is 14.9. The Labute approximate surface area is 301 Å². The van der Waals surface area contributed by atoms with E-state index in [0.29, 0.717) is 0 Å². The molecule has 0 aliphatic carbocycles. The fourth-order valence-corrected chi connectivity index (χ4v) is 5.68. The number of rotatable bonds is 9. The molecule has 0 fully saturated rings. The van der Waals surface area contributed by atoms with Crippen LogP contribution in [0.25, 0.3) is 44.1 Å². The van der Waals surface area contributed by atoms with Gasteiger partial charge in [-0.25, -0.2) is 4.98 Å². The van der Waals surface area contributed by atoms with Gasteiger partial charge in [0.1, 0.15) is 12.1 Å². The molecule has 0 saturated heterocycles. The van der Waals surface area contributed by atoms with Crippen molar-refractivity contribution in [1.29, 1.82) is 0 Å². The van der Waals surface area contributed by atoms with Crippen molar-refractivity contribution in [1.82, 2.24) is 9.97 Å². The molecular weight excluding hydrogens is 769 g/mol. The third-order valence-electron chi connectivity index (χ3n) is 10.2. The molecule has 0 atom stereocenters. The van der Waals surface area contributed by atoms with E-state index in [-0.39, 0.29) is 47.9 Å². The first-order chi connectivity index (χ1) is 22.3. The van der Waals surface area contributed by atoms with Crippen LogP contribution in [0, 0.1) is 16.9 Å². The Morgan fingerprint density at radius 1 is 0.729 bits per heavy atom. The molecule has 48 heavy (non-hydrogen) atoms. The normalized spacial score (nSPS) is 12.3. The topological polar surface area (TPSA) is 63.1 Å². The molecule has 255 valence electrons. The summed E-state index contributed by atoms with van der Waals surface area (Å²) in [5.74, 6) is 0.286. The van der Waals surface area contributed by atoms with Gasteiger partial charge in [0.15, 0.2) is 5.78 Å². The minimum atomic E-state index is -0.337. The van der Waals surface area contributed by atoms with E-state index in [9.17, 15) is 9.90 Å². The van der Waals surface area contributed by atoms with Crippen molar-refractivity contribution in [3.63, 3.8) is 0 Å². The zero-order valence-electron chi connectivity index (χ0n) is 30.1. The van der Waals surface area contributed by atoms with Gasteiger partial charge >= 0.3 is 0 Å². The number of allylic oxidation sites excluding steroid dienone is 2. The van der Waals surface area contributed by atoms with Gasteiger partial charge in [-0.2, -0.15) is 0 Å². The SMILES string of the molecule is CC(C)(C)c1cc(-c2cc(-c3ccc4ccccc4c3)ncn2)[c-]c2ccccc12.CCC(C)(CC)C(=O)/C=C(\O)C(C)(CC)CC.[Ir]. The quantitative estimate of drug-likeness (QED) is 0.0914. The van der Waals surface area contributed by atoms with Crippen LogP contribution in [0.3, 0.4) is 0 Å². The summed E-state index contributed by atoms with van der Waals surface area (Å²) >= 11 is 0. The van der Waals surface area contributed by atoms with Gasteiger partial charge in [0.25, 0.3) is 0 Å². The first-order valence-corrected chi connectivity index (χ1v) is 17.0. The molecule has 0 aliphatic rings. The van der Waals surface area contributed by atoms with E-state index in [2.05, 4.69) is 116 Å². The van der Waals surface area contributed by atoms with Crippen LogP contribution in [0.5, 0.6) is 0 Å². The summed E-state index contributed by atoms with van der Waals surface area (Å²) in [5.41, 5.74) is 4.63. The van der Waals surface area contributed by atoms with Gasteiger partial charge in [-0.15, -0.1) is 29.1 Å². The zero-order valence-corrected chi connectivity index (χ0v) is 32.5. The molecule has 5 rings (SSSR count). The van der Waals surface area contributed by atoms with Crippen LogP contribution >= 0.6 is 0 Å². The van der Waals surface area contributed by atoms with Gasteiger partial charge in [-0.05, 0) is 54.0 Å². The van der Waals surface area contributed by atoms with E-state index in [0.717, 1.165) is 53.6 Å². The predicted molar refractivity (Wildman–Crippen MR) is 199 cm³/mol. The Hall–Kier alpha value is -3.66. The molecule has 4 nitrogen and oxygen atoms in total. The van der Waals surface area contributed by atoms with E-state index < -0.39 is 0 Å². The van der Waals surface area contributed by atoms with Crippen LogP contribution in [0.2, 0.25) is 0 Å². The molecule has 1 heterocycles. The largest absolute Gasteiger partial charge is 0.512 e. The second kappa shape index (κ2) is 16.2. The van der Waals surface area contributed by atoms with Crippen LogP contribution in [-0.4, -0.2) is 20.9 Å².